The van der Waals surface area contributed by atoms with E-state index in [-0.39, 0.29) is 11.1 Å². The van der Waals surface area contributed by atoms with Crippen LogP contribution in [0.1, 0.15) is 48.6 Å². The molecular weight excluding hydrogens is 294 g/mol. The lowest BCUT2D eigenvalue weighted by Gasteiger charge is -2.13. The first-order valence-corrected chi connectivity index (χ1v) is 7.47. The number of fused-ring (bicyclic) bond motifs is 2. The summed E-state index contributed by atoms with van der Waals surface area (Å²) < 4.78 is 0. The van der Waals surface area contributed by atoms with Crippen LogP contribution in [0.4, 0.5) is 0 Å². The maximum Gasteiger partial charge on any atom is 0.363 e. The predicted octanol–water partition coefficient (Wildman–Crippen LogP) is 2.54. The van der Waals surface area contributed by atoms with Gasteiger partial charge in [-0.05, 0) is 54.7 Å². The van der Waals surface area contributed by atoms with Crippen molar-refractivity contribution in [2.24, 2.45) is 0 Å². The zero-order chi connectivity index (χ0) is 16.0. The van der Waals surface area contributed by atoms with Crippen LogP contribution in [0.2, 0.25) is 0 Å². The Labute approximate surface area is 132 Å². The molecule has 2 aromatic rings. The van der Waals surface area contributed by atoms with Crippen molar-refractivity contribution in [2.45, 2.75) is 19.3 Å². The third-order valence-corrected chi connectivity index (χ3v) is 4.27. The zero-order valence-corrected chi connectivity index (χ0v) is 12.2. The monoisotopic (exact) mass is 307 g/mol. The lowest BCUT2D eigenvalue weighted by atomic mass is 10.1. The van der Waals surface area contributed by atoms with Crippen LogP contribution in [0.5, 0.6) is 0 Å². The maximum atomic E-state index is 12.3. The molecule has 23 heavy (non-hydrogen) atoms. The van der Waals surface area contributed by atoms with Gasteiger partial charge in [-0.25, -0.2) is 4.79 Å². The fourth-order valence-corrected chi connectivity index (χ4v) is 3.08. The van der Waals surface area contributed by atoms with E-state index in [1.165, 1.54) is 5.56 Å². The third kappa shape index (κ3) is 2.12. The Hall–Kier alpha value is -2.95. The molecule has 0 aromatic heterocycles. The van der Waals surface area contributed by atoms with Crippen molar-refractivity contribution in [1.82, 2.24) is 5.06 Å². The van der Waals surface area contributed by atoms with E-state index in [1.54, 1.807) is 36.4 Å². The number of aryl methyl sites for hydroxylation is 2. The van der Waals surface area contributed by atoms with Gasteiger partial charge in [0.2, 0.25) is 0 Å². The van der Waals surface area contributed by atoms with Crippen molar-refractivity contribution in [2.75, 3.05) is 0 Å². The van der Waals surface area contributed by atoms with Crippen LogP contribution < -0.4 is 0 Å². The van der Waals surface area contributed by atoms with Crippen molar-refractivity contribution >= 4 is 17.8 Å². The molecule has 2 aromatic carbocycles. The highest BCUT2D eigenvalue weighted by atomic mass is 16.7. The molecule has 1 aliphatic carbocycles. The smallest absolute Gasteiger partial charge is 0.324 e. The van der Waals surface area contributed by atoms with Gasteiger partial charge in [0.05, 0.1) is 16.7 Å². The molecule has 5 heteroatoms. The molecule has 0 saturated heterocycles. The second-order valence-electron chi connectivity index (χ2n) is 5.67. The van der Waals surface area contributed by atoms with Crippen LogP contribution in [-0.4, -0.2) is 22.8 Å². The number of rotatable bonds is 2. The second kappa shape index (κ2) is 5.05. The molecule has 2 amide bonds. The highest BCUT2D eigenvalue weighted by molar-refractivity contribution is 6.21. The summed E-state index contributed by atoms with van der Waals surface area (Å²) >= 11 is 0. The average molecular weight is 307 g/mol. The summed E-state index contributed by atoms with van der Waals surface area (Å²) in [6, 6.07) is 11.8. The molecule has 1 aliphatic heterocycles. The van der Waals surface area contributed by atoms with Gasteiger partial charge in [0.15, 0.2) is 0 Å². The number of hydroxylamine groups is 2. The van der Waals surface area contributed by atoms with Crippen molar-refractivity contribution < 1.29 is 19.2 Å². The SMILES string of the molecule is O=C(ON1C(=O)c2ccccc2C1=O)c1ccc2c(c1)CCC2. The molecule has 0 N–H and O–H groups in total. The molecule has 4 rings (SSSR count). The van der Waals surface area contributed by atoms with Gasteiger partial charge >= 0.3 is 5.97 Å². The van der Waals surface area contributed by atoms with E-state index < -0.39 is 17.8 Å². The summed E-state index contributed by atoms with van der Waals surface area (Å²) in [6.07, 6.45) is 3.03. The Morgan fingerprint density at radius 2 is 1.57 bits per heavy atom. The average Bonchev–Trinajstić information content (AvgIpc) is 3.13. The number of hydrogen-bond donors (Lipinski definition) is 0. The molecule has 5 nitrogen and oxygen atoms in total. The van der Waals surface area contributed by atoms with Crippen molar-refractivity contribution in [3.63, 3.8) is 0 Å². The number of amides is 2. The Morgan fingerprint density at radius 3 is 2.26 bits per heavy atom. The minimum absolute atomic E-state index is 0.249. The standard InChI is InChI=1S/C18H13NO4/c20-16-14-6-1-2-7-15(14)17(21)19(16)23-18(22)13-9-8-11-4-3-5-12(11)10-13/h1-2,6-10H,3-5H2. The molecule has 114 valence electrons. The van der Waals surface area contributed by atoms with Gasteiger partial charge in [0, 0.05) is 0 Å². The first-order chi connectivity index (χ1) is 11.1. The van der Waals surface area contributed by atoms with E-state index in [4.69, 9.17) is 4.84 Å². The fourth-order valence-electron chi connectivity index (χ4n) is 3.08. The molecule has 0 bridgehead atoms. The molecule has 0 radical (unpaired) electrons. The lowest BCUT2D eigenvalue weighted by Crippen LogP contribution is -2.32. The van der Waals surface area contributed by atoms with Crippen LogP contribution in [0, 0.1) is 0 Å². The zero-order valence-electron chi connectivity index (χ0n) is 12.2. The number of benzene rings is 2. The first kappa shape index (κ1) is 13.7. The van der Waals surface area contributed by atoms with Crippen LogP contribution in [0.15, 0.2) is 42.5 Å². The highest BCUT2D eigenvalue weighted by Gasteiger charge is 2.38. The van der Waals surface area contributed by atoms with Crippen LogP contribution in [0.25, 0.3) is 0 Å². The minimum Gasteiger partial charge on any atom is -0.324 e. The van der Waals surface area contributed by atoms with E-state index in [0.29, 0.717) is 10.6 Å². The summed E-state index contributed by atoms with van der Waals surface area (Å²) in [6.45, 7) is 0. The Bertz CT molecular complexity index is 821. The summed E-state index contributed by atoms with van der Waals surface area (Å²) in [4.78, 5) is 41.7. The summed E-state index contributed by atoms with van der Waals surface area (Å²) in [7, 11) is 0. The van der Waals surface area contributed by atoms with Gasteiger partial charge in [-0.3, -0.25) is 9.59 Å². The predicted molar refractivity (Wildman–Crippen MR) is 80.8 cm³/mol. The third-order valence-electron chi connectivity index (χ3n) is 4.27. The fraction of sp³-hybridized carbons (Fsp3) is 0.167. The molecule has 1 heterocycles. The van der Waals surface area contributed by atoms with E-state index in [0.717, 1.165) is 24.8 Å². The minimum atomic E-state index is -0.700. The molecule has 0 fully saturated rings. The van der Waals surface area contributed by atoms with Gasteiger partial charge in [0.1, 0.15) is 0 Å². The van der Waals surface area contributed by atoms with Gasteiger partial charge in [0.25, 0.3) is 11.8 Å². The Morgan fingerprint density at radius 1 is 0.913 bits per heavy atom. The largest absolute Gasteiger partial charge is 0.363 e. The molecule has 0 spiro atoms. The Kier molecular flexibility index (Phi) is 3.01. The summed E-state index contributed by atoms with van der Waals surface area (Å²) in [5, 5.41) is 0.542. The number of carbonyl (C=O) groups is 3. The van der Waals surface area contributed by atoms with Crippen LogP contribution >= 0.6 is 0 Å². The van der Waals surface area contributed by atoms with Crippen molar-refractivity contribution in [1.29, 1.82) is 0 Å². The summed E-state index contributed by atoms with van der Waals surface area (Å²) in [5.74, 6) is -1.92. The Balaban J connectivity index is 1.58. The number of imide groups is 1. The molecule has 0 unspecified atom stereocenters. The lowest BCUT2D eigenvalue weighted by molar-refractivity contribution is -0.0584. The number of hydrogen-bond acceptors (Lipinski definition) is 4. The molecule has 2 aliphatic rings. The maximum absolute atomic E-state index is 12.3. The van der Waals surface area contributed by atoms with E-state index >= 15 is 0 Å². The van der Waals surface area contributed by atoms with E-state index in [9.17, 15) is 14.4 Å². The van der Waals surface area contributed by atoms with Crippen molar-refractivity contribution in [3.8, 4) is 0 Å². The van der Waals surface area contributed by atoms with Gasteiger partial charge in [-0.2, -0.15) is 0 Å². The van der Waals surface area contributed by atoms with E-state index in [1.807, 2.05) is 6.07 Å². The molecule has 0 atom stereocenters. The molecular formula is C18H13NO4. The quantitative estimate of drug-likeness (QED) is 0.800. The second-order valence-corrected chi connectivity index (χ2v) is 5.67. The topological polar surface area (TPSA) is 63.7 Å². The van der Waals surface area contributed by atoms with Gasteiger partial charge in [-0.15, -0.1) is 0 Å². The summed E-state index contributed by atoms with van der Waals surface area (Å²) in [5.41, 5.74) is 3.21. The van der Waals surface area contributed by atoms with E-state index in [2.05, 4.69) is 0 Å². The van der Waals surface area contributed by atoms with Gasteiger partial charge in [-0.1, -0.05) is 23.3 Å². The van der Waals surface area contributed by atoms with Gasteiger partial charge < -0.3 is 4.84 Å². The van der Waals surface area contributed by atoms with Crippen molar-refractivity contribution in [3.05, 3.63) is 70.3 Å². The number of nitrogens with zero attached hydrogens (tertiary/aromatic N) is 1. The number of carbonyl (C=O) groups excluding carboxylic acids is 3. The van der Waals surface area contributed by atoms with Crippen LogP contribution in [-0.2, 0) is 17.7 Å². The first-order valence-electron chi connectivity index (χ1n) is 7.47. The highest BCUT2D eigenvalue weighted by Crippen LogP contribution is 2.25. The van der Waals surface area contributed by atoms with Crippen LogP contribution in [0.3, 0.4) is 0 Å². The molecule has 0 saturated carbocycles. The normalized spacial score (nSPS) is 15.6.